The standard InChI is InChI=1S/C20H22O3/c1-4-14-9-10-17-18(13-14)20(23-12-11-21-2)16-8-6-5-7-15(16)19(17)22-3/h5-10,13H,4,11-12H2,1-3H3. The van der Waals surface area contributed by atoms with E-state index in [4.69, 9.17) is 14.2 Å². The van der Waals surface area contributed by atoms with Crippen molar-refractivity contribution in [2.75, 3.05) is 27.4 Å². The number of rotatable bonds is 6. The van der Waals surface area contributed by atoms with Gasteiger partial charge in [-0.1, -0.05) is 43.3 Å². The lowest BCUT2D eigenvalue weighted by molar-refractivity contribution is 0.148. The molecule has 3 aromatic carbocycles. The van der Waals surface area contributed by atoms with Gasteiger partial charge in [-0.3, -0.25) is 0 Å². The fourth-order valence-electron chi connectivity index (χ4n) is 2.97. The number of fused-ring (bicyclic) bond motifs is 2. The molecule has 3 rings (SSSR count). The lowest BCUT2D eigenvalue weighted by atomic mass is 9.98. The molecule has 3 aromatic rings. The lowest BCUT2D eigenvalue weighted by Crippen LogP contribution is -2.05. The molecule has 23 heavy (non-hydrogen) atoms. The van der Waals surface area contributed by atoms with Crippen molar-refractivity contribution in [2.24, 2.45) is 0 Å². The van der Waals surface area contributed by atoms with Gasteiger partial charge in [-0.2, -0.15) is 0 Å². The highest BCUT2D eigenvalue weighted by atomic mass is 16.5. The van der Waals surface area contributed by atoms with Gasteiger partial charge in [0.2, 0.25) is 0 Å². The van der Waals surface area contributed by atoms with E-state index < -0.39 is 0 Å². The fourth-order valence-corrected chi connectivity index (χ4v) is 2.97. The fraction of sp³-hybridized carbons (Fsp3) is 0.300. The lowest BCUT2D eigenvalue weighted by Gasteiger charge is -2.17. The minimum absolute atomic E-state index is 0.526. The highest BCUT2D eigenvalue weighted by Gasteiger charge is 2.15. The maximum atomic E-state index is 6.09. The van der Waals surface area contributed by atoms with Crippen LogP contribution in [0.1, 0.15) is 12.5 Å². The Morgan fingerprint density at radius 3 is 2.13 bits per heavy atom. The molecule has 0 aliphatic rings. The molecular formula is C20H22O3. The second-order valence-corrected chi connectivity index (χ2v) is 5.48. The summed E-state index contributed by atoms with van der Waals surface area (Å²) in [5.41, 5.74) is 1.28. The molecule has 0 aromatic heterocycles. The number of methoxy groups -OCH3 is 2. The minimum Gasteiger partial charge on any atom is -0.495 e. The van der Waals surface area contributed by atoms with E-state index in [-0.39, 0.29) is 0 Å². The van der Waals surface area contributed by atoms with Gasteiger partial charge in [-0.15, -0.1) is 0 Å². The van der Waals surface area contributed by atoms with Crippen LogP contribution in [0, 0.1) is 0 Å². The van der Waals surface area contributed by atoms with Crippen LogP contribution in [0.2, 0.25) is 0 Å². The predicted molar refractivity (Wildman–Crippen MR) is 94.8 cm³/mol. The monoisotopic (exact) mass is 310 g/mol. The van der Waals surface area contributed by atoms with Crippen molar-refractivity contribution in [1.29, 1.82) is 0 Å². The van der Waals surface area contributed by atoms with Gasteiger partial charge in [0, 0.05) is 28.7 Å². The predicted octanol–water partition coefficient (Wildman–Crippen LogP) is 4.59. The second kappa shape index (κ2) is 6.88. The van der Waals surface area contributed by atoms with Crippen LogP contribution in [-0.2, 0) is 11.2 Å². The molecule has 120 valence electrons. The van der Waals surface area contributed by atoms with Crippen LogP contribution in [0.25, 0.3) is 21.5 Å². The Hall–Kier alpha value is -2.26. The van der Waals surface area contributed by atoms with Crippen LogP contribution < -0.4 is 9.47 Å². The average Bonchev–Trinajstić information content (AvgIpc) is 2.61. The summed E-state index contributed by atoms with van der Waals surface area (Å²) < 4.78 is 16.9. The molecule has 0 aliphatic carbocycles. The summed E-state index contributed by atoms with van der Waals surface area (Å²) >= 11 is 0. The summed E-state index contributed by atoms with van der Waals surface area (Å²) in [5, 5.41) is 4.31. The quantitative estimate of drug-likeness (QED) is 0.492. The number of benzene rings is 3. The third-order valence-corrected chi connectivity index (χ3v) is 4.14. The smallest absolute Gasteiger partial charge is 0.135 e. The highest BCUT2D eigenvalue weighted by Crippen LogP contribution is 2.42. The Balaban J connectivity index is 2.32. The van der Waals surface area contributed by atoms with Crippen LogP contribution >= 0.6 is 0 Å². The molecule has 0 amide bonds. The Bertz CT molecular complexity index is 824. The number of hydrogen-bond donors (Lipinski definition) is 0. The molecule has 0 aliphatic heterocycles. The molecule has 0 atom stereocenters. The largest absolute Gasteiger partial charge is 0.495 e. The minimum atomic E-state index is 0.526. The molecule has 0 heterocycles. The second-order valence-electron chi connectivity index (χ2n) is 5.48. The summed E-state index contributed by atoms with van der Waals surface area (Å²) in [7, 11) is 3.41. The van der Waals surface area contributed by atoms with Gasteiger partial charge >= 0.3 is 0 Å². The van der Waals surface area contributed by atoms with Gasteiger partial charge in [-0.25, -0.2) is 0 Å². The average molecular weight is 310 g/mol. The zero-order chi connectivity index (χ0) is 16.2. The topological polar surface area (TPSA) is 27.7 Å². The van der Waals surface area contributed by atoms with E-state index in [9.17, 15) is 0 Å². The molecule has 0 saturated carbocycles. The van der Waals surface area contributed by atoms with E-state index in [2.05, 4.69) is 37.3 Å². The molecule has 0 saturated heterocycles. The van der Waals surface area contributed by atoms with Crippen LogP contribution in [0.5, 0.6) is 11.5 Å². The van der Waals surface area contributed by atoms with Crippen LogP contribution in [-0.4, -0.2) is 27.4 Å². The Labute approximate surface area is 136 Å². The maximum absolute atomic E-state index is 6.09. The Morgan fingerprint density at radius 1 is 0.783 bits per heavy atom. The third-order valence-electron chi connectivity index (χ3n) is 4.14. The summed E-state index contributed by atoms with van der Waals surface area (Å²) in [5.74, 6) is 1.81. The van der Waals surface area contributed by atoms with Crippen molar-refractivity contribution < 1.29 is 14.2 Å². The van der Waals surface area contributed by atoms with E-state index >= 15 is 0 Å². The molecular weight excluding hydrogens is 288 g/mol. The van der Waals surface area contributed by atoms with Gasteiger partial charge in [-0.05, 0) is 18.1 Å². The first-order chi connectivity index (χ1) is 11.3. The third kappa shape index (κ3) is 2.84. The molecule has 0 fully saturated rings. The van der Waals surface area contributed by atoms with Gasteiger partial charge in [0.05, 0.1) is 13.7 Å². The van der Waals surface area contributed by atoms with Crippen molar-refractivity contribution in [2.45, 2.75) is 13.3 Å². The summed E-state index contributed by atoms with van der Waals surface area (Å²) in [6.45, 7) is 3.25. The first-order valence-corrected chi connectivity index (χ1v) is 7.93. The molecule has 3 nitrogen and oxygen atoms in total. The zero-order valence-electron chi connectivity index (χ0n) is 13.9. The SMILES string of the molecule is CCc1ccc2c(OC)c3ccccc3c(OCCOC)c2c1. The molecule has 0 spiro atoms. The maximum Gasteiger partial charge on any atom is 0.135 e. The van der Waals surface area contributed by atoms with Gasteiger partial charge in [0.1, 0.15) is 18.1 Å². The van der Waals surface area contributed by atoms with E-state index in [0.717, 1.165) is 39.5 Å². The van der Waals surface area contributed by atoms with Crippen molar-refractivity contribution in [1.82, 2.24) is 0 Å². The van der Waals surface area contributed by atoms with Crippen molar-refractivity contribution in [3.63, 3.8) is 0 Å². The molecule has 0 unspecified atom stereocenters. The summed E-state index contributed by atoms with van der Waals surface area (Å²) in [6, 6.07) is 14.7. The van der Waals surface area contributed by atoms with Crippen molar-refractivity contribution in [3.8, 4) is 11.5 Å². The van der Waals surface area contributed by atoms with E-state index in [1.54, 1.807) is 14.2 Å². The number of aryl methyl sites for hydroxylation is 1. The van der Waals surface area contributed by atoms with E-state index in [1.165, 1.54) is 5.56 Å². The van der Waals surface area contributed by atoms with Crippen molar-refractivity contribution in [3.05, 3.63) is 48.0 Å². The first-order valence-electron chi connectivity index (χ1n) is 7.93. The zero-order valence-corrected chi connectivity index (χ0v) is 13.9. The van der Waals surface area contributed by atoms with E-state index in [0.29, 0.717) is 13.2 Å². The molecule has 0 radical (unpaired) electrons. The van der Waals surface area contributed by atoms with E-state index in [1.807, 2.05) is 12.1 Å². The molecule has 0 N–H and O–H groups in total. The Morgan fingerprint density at radius 2 is 1.48 bits per heavy atom. The van der Waals surface area contributed by atoms with Gasteiger partial charge in [0.25, 0.3) is 0 Å². The number of ether oxygens (including phenoxy) is 3. The summed E-state index contributed by atoms with van der Waals surface area (Å²) in [4.78, 5) is 0. The molecule has 3 heteroatoms. The molecule has 0 bridgehead atoms. The van der Waals surface area contributed by atoms with Gasteiger partial charge in [0.15, 0.2) is 0 Å². The van der Waals surface area contributed by atoms with Gasteiger partial charge < -0.3 is 14.2 Å². The van der Waals surface area contributed by atoms with Crippen LogP contribution in [0.15, 0.2) is 42.5 Å². The Kier molecular flexibility index (Phi) is 4.68. The summed E-state index contributed by atoms with van der Waals surface area (Å²) in [6.07, 6.45) is 0.989. The van der Waals surface area contributed by atoms with Crippen molar-refractivity contribution >= 4 is 21.5 Å². The van der Waals surface area contributed by atoms with Crippen LogP contribution in [0.4, 0.5) is 0 Å². The van der Waals surface area contributed by atoms with Crippen LogP contribution in [0.3, 0.4) is 0 Å². The first kappa shape index (κ1) is 15.6. The highest BCUT2D eigenvalue weighted by molar-refractivity contribution is 6.11. The number of hydrogen-bond acceptors (Lipinski definition) is 3. The normalized spacial score (nSPS) is 11.1.